The maximum Gasteiger partial charge on any atom is 0.273 e. The zero-order valence-corrected chi connectivity index (χ0v) is 19.1. The first-order valence-corrected chi connectivity index (χ1v) is 11.6. The van der Waals surface area contributed by atoms with Gasteiger partial charge >= 0.3 is 0 Å². The number of carbonyl (C=O) groups is 1. The number of aromatic amines is 1. The van der Waals surface area contributed by atoms with Gasteiger partial charge in [0.2, 0.25) is 0 Å². The zero-order chi connectivity index (χ0) is 22.1. The van der Waals surface area contributed by atoms with Crippen molar-refractivity contribution < 1.29 is 9.53 Å². The number of morpholine rings is 1. The number of carbonyl (C=O) groups excluding carboxylic acids is 1. The third-order valence-electron chi connectivity index (χ3n) is 6.15. The Hall–Kier alpha value is -2.38. The molecular weight excluding hydrogens is 447 g/mol. The smallest absolute Gasteiger partial charge is 0.273 e. The SMILES string of the molecule is O=C1c2[nH]nc(-c3ccccc3)c2C(c2ccc(Cl)c(Cl)c2)N1CCCN1CCOCC1. The van der Waals surface area contributed by atoms with Crippen LogP contribution in [-0.2, 0) is 4.74 Å². The molecule has 1 fully saturated rings. The summed E-state index contributed by atoms with van der Waals surface area (Å²) in [4.78, 5) is 17.7. The number of rotatable bonds is 6. The van der Waals surface area contributed by atoms with E-state index in [1.807, 2.05) is 47.4 Å². The first-order valence-electron chi connectivity index (χ1n) is 10.8. The van der Waals surface area contributed by atoms with Crippen LogP contribution in [0.15, 0.2) is 48.5 Å². The molecule has 3 aromatic rings. The third-order valence-corrected chi connectivity index (χ3v) is 6.89. The van der Waals surface area contributed by atoms with Gasteiger partial charge in [0.15, 0.2) is 0 Å². The van der Waals surface area contributed by atoms with Crippen molar-refractivity contribution in [2.45, 2.75) is 12.5 Å². The van der Waals surface area contributed by atoms with Crippen molar-refractivity contribution >= 4 is 29.1 Å². The van der Waals surface area contributed by atoms with Crippen LogP contribution in [0.4, 0.5) is 0 Å². The van der Waals surface area contributed by atoms with Crippen LogP contribution in [-0.4, -0.2) is 65.3 Å². The maximum absolute atomic E-state index is 13.4. The van der Waals surface area contributed by atoms with E-state index < -0.39 is 0 Å². The van der Waals surface area contributed by atoms with Crippen molar-refractivity contribution in [2.24, 2.45) is 0 Å². The lowest BCUT2D eigenvalue weighted by Crippen LogP contribution is -2.38. The van der Waals surface area contributed by atoms with Gasteiger partial charge in [-0.2, -0.15) is 5.10 Å². The van der Waals surface area contributed by atoms with Crippen molar-refractivity contribution in [3.63, 3.8) is 0 Å². The molecule has 166 valence electrons. The Morgan fingerprint density at radius 1 is 1.03 bits per heavy atom. The predicted octanol–water partition coefficient (Wildman–Crippen LogP) is 4.65. The molecule has 1 aromatic heterocycles. The Morgan fingerprint density at radius 2 is 1.81 bits per heavy atom. The molecule has 1 unspecified atom stereocenters. The summed E-state index contributed by atoms with van der Waals surface area (Å²) in [5.74, 6) is -0.0345. The van der Waals surface area contributed by atoms with E-state index in [9.17, 15) is 4.79 Å². The summed E-state index contributed by atoms with van der Waals surface area (Å²) >= 11 is 12.5. The molecule has 8 heteroatoms. The molecule has 1 saturated heterocycles. The first kappa shape index (κ1) is 21.5. The second kappa shape index (κ2) is 9.24. The normalized spacial score (nSPS) is 18.9. The van der Waals surface area contributed by atoms with Crippen molar-refractivity contribution in [3.05, 3.63) is 75.4 Å². The number of fused-ring (bicyclic) bond motifs is 1. The quantitative estimate of drug-likeness (QED) is 0.569. The molecule has 0 spiro atoms. The number of nitrogens with zero attached hydrogens (tertiary/aromatic N) is 3. The number of halogens is 2. The lowest BCUT2D eigenvalue weighted by atomic mass is 9.96. The fourth-order valence-corrected chi connectivity index (χ4v) is 4.87. The van der Waals surface area contributed by atoms with Crippen molar-refractivity contribution in [1.29, 1.82) is 0 Å². The summed E-state index contributed by atoms with van der Waals surface area (Å²) < 4.78 is 5.44. The van der Waals surface area contributed by atoms with Crippen LogP contribution in [0.3, 0.4) is 0 Å². The van der Waals surface area contributed by atoms with Gasteiger partial charge in [0.05, 0.1) is 35.0 Å². The zero-order valence-electron chi connectivity index (χ0n) is 17.6. The van der Waals surface area contributed by atoms with Gasteiger partial charge in [-0.3, -0.25) is 14.8 Å². The molecule has 0 saturated carbocycles. The highest BCUT2D eigenvalue weighted by Gasteiger charge is 2.42. The highest BCUT2D eigenvalue weighted by molar-refractivity contribution is 6.42. The topological polar surface area (TPSA) is 61.5 Å². The second-order valence-electron chi connectivity index (χ2n) is 8.11. The number of H-pyrrole nitrogens is 1. The number of hydrogen-bond donors (Lipinski definition) is 1. The number of aromatic nitrogens is 2. The molecule has 2 aliphatic heterocycles. The fourth-order valence-electron chi connectivity index (χ4n) is 4.56. The molecule has 2 aromatic carbocycles. The van der Waals surface area contributed by atoms with E-state index in [0.29, 0.717) is 22.3 Å². The van der Waals surface area contributed by atoms with Gasteiger partial charge < -0.3 is 9.64 Å². The monoisotopic (exact) mass is 470 g/mol. The Bertz CT molecular complexity index is 1110. The van der Waals surface area contributed by atoms with Crippen molar-refractivity contribution in [2.75, 3.05) is 39.4 Å². The molecule has 0 bridgehead atoms. The summed E-state index contributed by atoms with van der Waals surface area (Å²) in [5.41, 5.74) is 4.13. The van der Waals surface area contributed by atoms with Gasteiger partial charge in [-0.05, 0) is 24.1 Å². The molecule has 1 amide bonds. The van der Waals surface area contributed by atoms with Gasteiger partial charge in [-0.1, -0.05) is 59.6 Å². The van der Waals surface area contributed by atoms with Gasteiger partial charge in [-0.15, -0.1) is 0 Å². The van der Waals surface area contributed by atoms with Crippen LogP contribution in [0.2, 0.25) is 10.0 Å². The summed E-state index contributed by atoms with van der Waals surface area (Å²) in [6, 6.07) is 15.2. The highest BCUT2D eigenvalue weighted by atomic mass is 35.5. The average Bonchev–Trinajstić information content (AvgIpc) is 3.36. The van der Waals surface area contributed by atoms with E-state index >= 15 is 0 Å². The lowest BCUT2D eigenvalue weighted by Gasteiger charge is -2.30. The lowest BCUT2D eigenvalue weighted by molar-refractivity contribution is 0.0354. The van der Waals surface area contributed by atoms with Gasteiger partial charge in [0, 0.05) is 37.3 Å². The Balaban J connectivity index is 1.48. The Labute approximate surface area is 197 Å². The van der Waals surface area contributed by atoms with Crippen LogP contribution in [0.1, 0.15) is 34.1 Å². The van der Waals surface area contributed by atoms with E-state index in [-0.39, 0.29) is 11.9 Å². The standard InChI is InChI=1S/C24H24Cl2N4O2/c25-18-8-7-17(15-19(18)26)23-20-21(16-5-2-1-3-6-16)27-28-22(20)24(31)30(23)10-4-9-29-11-13-32-14-12-29/h1-3,5-8,15,23H,4,9-14H2,(H,27,28). The van der Waals surface area contributed by atoms with Gasteiger partial charge in [-0.25, -0.2) is 0 Å². The molecule has 32 heavy (non-hydrogen) atoms. The fraction of sp³-hybridized carbons (Fsp3) is 0.333. The Morgan fingerprint density at radius 3 is 2.56 bits per heavy atom. The average molecular weight is 471 g/mol. The molecule has 6 nitrogen and oxygen atoms in total. The van der Waals surface area contributed by atoms with E-state index in [0.717, 1.165) is 61.7 Å². The minimum absolute atomic E-state index is 0.0345. The first-order chi connectivity index (χ1) is 15.6. The van der Waals surface area contributed by atoms with E-state index in [2.05, 4.69) is 15.1 Å². The number of amides is 1. The third kappa shape index (κ3) is 4.04. The molecule has 2 aliphatic rings. The van der Waals surface area contributed by atoms with Crippen LogP contribution < -0.4 is 0 Å². The molecule has 1 atom stereocenters. The number of nitrogens with one attached hydrogen (secondary N) is 1. The molecule has 3 heterocycles. The molecule has 1 N–H and O–H groups in total. The van der Waals surface area contributed by atoms with Crippen LogP contribution in [0.5, 0.6) is 0 Å². The molecular formula is C24H24Cl2N4O2. The summed E-state index contributed by atoms with van der Waals surface area (Å²) in [7, 11) is 0. The van der Waals surface area contributed by atoms with Crippen LogP contribution >= 0.6 is 23.2 Å². The Kier molecular flexibility index (Phi) is 6.20. The van der Waals surface area contributed by atoms with Crippen LogP contribution in [0, 0.1) is 0 Å². The summed E-state index contributed by atoms with van der Waals surface area (Å²) in [5, 5.41) is 8.48. The minimum Gasteiger partial charge on any atom is -0.379 e. The van der Waals surface area contributed by atoms with Crippen molar-refractivity contribution in [3.8, 4) is 11.3 Å². The molecule has 0 radical (unpaired) electrons. The number of benzene rings is 2. The summed E-state index contributed by atoms with van der Waals surface area (Å²) in [6.07, 6.45) is 0.877. The van der Waals surface area contributed by atoms with Crippen LogP contribution in [0.25, 0.3) is 11.3 Å². The van der Waals surface area contributed by atoms with E-state index in [4.69, 9.17) is 27.9 Å². The number of ether oxygens (including phenoxy) is 1. The predicted molar refractivity (Wildman–Crippen MR) is 125 cm³/mol. The largest absolute Gasteiger partial charge is 0.379 e. The van der Waals surface area contributed by atoms with Crippen molar-refractivity contribution in [1.82, 2.24) is 20.0 Å². The summed E-state index contributed by atoms with van der Waals surface area (Å²) in [6.45, 7) is 4.98. The number of hydrogen-bond acceptors (Lipinski definition) is 4. The second-order valence-corrected chi connectivity index (χ2v) is 8.92. The maximum atomic E-state index is 13.4. The molecule has 5 rings (SSSR count). The van der Waals surface area contributed by atoms with Gasteiger partial charge in [0.25, 0.3) is 5.91 Å². The van der Waals surface area contributed by atoms with E-state index in [1.54, 1.807) is 6.07 Å². The van der Waals surface area contributed by atoms with E-state index in [1.165, 1.54) is 0 Å². The minimum atomic E-state index is -0.272. The molecule has 0 aliphatic carbocycles. The highest BCUT2D eigenvalue weighted by Crippen LogP contribution is 2.43. The van der Waals surface area contributed by atoms with Gasteiger partial charge in [0.1, 0.15) is 5.69 Å².